The molecule has 3 rings (SSSR count). The van der Waals surface area contributed by atoms with Crippen LogP contribution in [-0.2, 0) is 6.54 Å². The number of rotatable bonds is 3. The zero-order chi connectivity index (χ0) is 11.8. The fraction of sp³-hybridized carbons (Fsp3) is 0.692. The van der Waals surface area contributed by atoms with E-state index in [-0.39, 0.29) is 0 Å². The Hall–Kier alpha value is 0.1000. The van der Waals surface area contributed by atoms with Crippen LogP contribution in [0.4, 0.5) is 0 Å². The summed E-state index contributed by atoms with van der Waals surface area (Å²) in [7, 11) is 0. The van der Waals surface area contributed by atoms with Crippen molar-refractivity contribution in [1.82, 2.24) is 10.2 Å². The second-order valence-electron chi connectivity index (χ2n) is 5.36. The first kappa shape index (κ1) is 12.2. The molecule has 0 aromatic carbocycles. The van der Waals surface area contributed by atoms with E-state index in [2.05, 4.69) is 44.5 Å². The van der Waals surface area contributed by atoms with Gasteiger partial charge in [0.2, 0.25) is 0 Å². The number of nitrogens with one attached hydrogen (secondary N) is 1. The maximum atomic E-state index is 3.70. The number of halogens is 1. The number of thiophene rings is 1. The summed E-state index contributed by atoms with van der Waals surface area (Å²) in [5.74, 6) is 0.958. The molecule has 0 bridgehead atoms. The third-order valence-corrected chi connectivity index (χ3v) is 5.58. The molecule has 1 aromatic rings. The molecule has 1 N–H and O–H groups in total. The first-order valence-corrected chi connectivity index (χ1v) is 8.10. The normalized spacial score (nSPS) is 30.7. The van der Waals surface area contributed by atoms with Gasteiger partial charge >= 0.3 is 0 Å². The number of nitrogens with zero attached hydrogens (tertiary/aromatic N) is 1. The van der Waals surface area contributed by atoms with Crippen LogP contribution in [0, 0.1) is 5.92 Å². The van der Waals surface area contributed by atoms with Gasteiger partial charge in [-0.25, -0.2) is 0 Å². The van der Waals surface area contributed by atoms with Gasteiger partial charge in [0.05, 0.1) is 0 Å². The molecule has 2 unspecified atom stereocenters. The molecule has 2 fully saturated rings. The van der Waals surface area contributed by atoms with E-state index in [9.17, 15) is 0 Å². The first-order valence-electron chi connectivity index (χ1n) is 6.42. The van der Waals surface area contributed by atoms with Gasteiger partial charge in [0.1, 0.15) is 0 Å². The van der Waals surface area contributed by atoms with Crippen molar-refractivity contribution in [2.75, 3.05) is 13.1 Å². The lowest BCUT2D eigenvalue weighted by Gasteiger charge is -2.38. The average molecular weight is 315 g/mol. The summed E-state index contributed by atoms with van der Waals surface area (Å²) >= 11 is 5.40. The molecule has 17 heavy (non-hydrogen) atoms. The lowest BCUT2D eigenvalue weighted by molar-refractivity contribution is 0.126. The molecule has 0 amide bonds. The Kier molecular flexibility index (Phi) is 3.57. The number of piperazine rings is 1. The topological polar surface area (TPSA) is 15.3 Å². The molecule has 2 atom stereocenters. The van der Waals surface area contributed by atoms with Crippen LogP contribution in [0.25, 0.3) is 0 Å². The molecule has 0 radical (unpaired) electrons. The molecule has 4 heteroatoms. The SMILES string of the molecule is CC1CNC(C2CC2)CN1Cc1cc(Br)cs1. The van der Waals surface area contributed by atoms with E-state index in [1.54, 1.807) is 0 Å². The van der Waals surface area contributed by atoms with Crippen molar-refractivity contribution in [2.24, 2.45) is 5.92 Å². The zero-order valence-corrected chi connectivity index (χ0v) is 12.6. The Morgan fingerprint density at radius 2 is 2.35 bits per heavy atom. The van der Waals surface area contributed by atoms with Crippen molar-refractivity contribution in [1.29, 1.82) is 0 Å². The van der Waals surface area contributed by atoms with E-state index >= 15 is 0 Å². The van der Waals surface area contributed by atoms with Gasteiger partial charge < -0.3 is 5.32 Å². The van der Waals surface area contributed by atoms with Gasteiger partial charge in [-0.1, -0.05) is 0 Å². The molecule has 2 heterocycles. The number of hydrogen-bond donors (Lipinski definition) is 1. The highest BCUT2D eigenvalue weighted by atomic mass is 79.9. The predicted molar refractivity (Wildman–Crippen MR) is 76.4 cm³/mol. The highest BCUT2D eigenvalue weighted by Gasteiger charge is 2.35. The summed E-state index contributed by atoms with van der Waals surface area (Å²) in [6, 6.07) is 3.66. The van der Waals surface area contributed by atoms with Crippen LogP contribution in [0.5, 0.6) is 0 Å². The summed E-state index contributed by atoms with van der Waals surface area (Å²) in [5, 5.41) is 5.89. The van der Waals surface area contributed by atoms with Gasteiger partial charge in [-0.15, -0.1) is 11.3 Å². The van der Waals surface area contributed by atoms with Crippen LogP contribution in [0.1, 0.15) is 24.6 Å². The zero-order valence-electron chi connectivity index (χ0n) is 10.2. The lowest BCUT2D eigenvalue weighted by Crippen LogP contribution is -2.55. The smallest absolute Gasteiger partial charge is 0.0332 e. The van der Waals surface area contributed by atoms with Crippen LogP contribution in [0.3, 0.4) is 0 Å². The summed E-state index contributed by atoms with van der Waals surface area (Å²) < 4.78 is 1.22. The van der Waals surface area contributed by atoms with Gasteiger partial charge in [0.15, 0.2) is 0 Å². The summed E-state index contributed by atoms with van der Waals surface area (Å²) in [6.07, 6.45) is 2.87. The maximum Gasteiger partial charge on any atom is 0.0332 e. The summed E-state index contributed by atoms with van der Waals surface area (Å²) in [6.45, 7) is 5.82. The monoisotopic (exact) mass is 314 g/mol. The molecule has 94 valence electrons. The van der Waals surface area contributed by atoms with E-state index in [0.717, 1.165) is 25.0 Å². The lowest BCUT2D eigenvalue weighted by atomic mass is 10.1. The summed E-state index contributed by atoms with van der Waals surface area (Å²) in [5.41, 5.74) is 0. The molecule has 1 aliphatic heterocycles. The van der Waals surface area contributed by atoms with Crippen LogP contribution in [-0.4, -0.2) is 30.1 Å². The molecule has 1 saturated carbocycles. The third kappa shape index (κ3) is 2.92. The molecule has 2 aliphatic rings. The van der Waals surface area contributed by atoms with E-state index in [1.165, 1.54) is 28.7 Å². The minimum absolute atomic E-state index is 0.658. The highest BCUT2D eigenvalue weighted by molar-refractivity contribution is 9.10. The van der Waals surface area contributed by atoms with Crippen LogP contribution in [0.15, 0.2) is 15.9 Å². The van der Waals surface area contributed by atoms with Gasteiger partial charge in [-0.2, -0.15) is 0 Å². The Balaban J connectivity index is 1.63. The van der Waals surface area contributed by atoms with Crippen LogP contribution >= 0.6 is 27.3 Å². The van der Waals surface area contributed by atoms with Crippen molar-refractivity contribution in [3.63, 3.8) is 0 Å². The van der Waals surface area contributed by atoms with Crippen molar-refractivity contribution in [3.8, 4) is 0 Å². The van der Waals surface area contributed by atoms with Crippen molar-refractivity contribution in [2.45, 2.75) is 38.4 Å². The number of hydrogen-bond acceptors (Lipinski definition) is 3. The molecule has 2 nitrogen and oxygen atoms in total. The Bertz CT molecular complexity index is 389. The second kappa shape index (κ2) is 5.00. The Morgan fingerprint density at radius 1 is 1.53 bits per heavy atom. The van der Waals surface area contributed by atoms with Crippen molar-refractivity contribution in [3.05, 3.63) is 20.8 Å². The average Bonchev–Trinajstić information content (AvgIpc) is 3.07. The van der Waals surface area contributed by atoms with E-state index in [0.29, 0.717) is 6.04 Å². The van der Waals surface area contributed by atoms with Crippen molar-refractivity contribution >= 4 is 27.3 Å². The fourth-order valence-corrected chi connectivity index (χ4v) is 4.10. The molecule has 1 saturated heterocycles. The quantitative estimate of drug-likeness (QED) is 0.922. The fourth-order valence-electron chi connectivity index (χ4n) is 2.62. The minimum Gasteiger partial charge on any atom is -0.311 e. The van der Waals surface area contributed by atoms with Gasteiger partial charge in [0.25, 0.3) is 0 Å². The predicted octanol–water partition coefficient (Wildman–Crippen LogP) is 3.08. The maximum absolute atomic E-state index is 3.70. The van der Waals surface area contributed by atoms with Gasteiger partial charge in [-0.05, 0) is 47.7 Å². The summed E-state index contributed by atoms with van der Waals surface area (Å²) in [4.78, 5) is 4.11. The molecule has 1 aromatic heterocycles. The Morgan fingerprint density at radius 3 is 3.00 bits per heavy atom. The Labute approximate surface area is 116 Å². The highest BCUT2D eigenvalue weighted by Crippen LogP contribution is 2.34. The van der Waals surface area contributed by atoms with Crippen LogP contribution in [0.2, 0.25) is 0 Å². The van der Waals surface area contributed by atoms with Crippen LogP contribution < -0.4 is 5.32 Å². The molecular formula is C13H19BrN2S. The van der Waals surface area contributed by atoms with E-state index in [4.69, 9.17) is 0 Å². The minimum atomic E-state index is 0.658. The third-order valence-electron chi connectivity index (χ3n) is 3.90. The largest absolute Gasteiger partial charge is 0.311 e. The van der Waals surface area contributed by atoms with E-state index < -0.39 is 0 Å². The molecule has 1 aliphatic carbocycles. The van der Waals surface area contributed by atoms with Gasteiger partial charge in [0, 0.05) is 46.4 Å². The van der Waals surface area contributed by atoms with E-state index in [1.807, 2.05) is 11.3 Å². The first-order chi connectivity index (χ1) is 8.22. The second-order valence-corrected chi connectivity index (χ2v) is 7.27. The molecular weight excluding hydrogens is 296 g/mol. The van der Waals surface area contributed by atoms with Crippen molar-refractivity contribution < 1.29 is 0 Å². The van der Waals surface area contributed by atoms with Gasteiger partial charge in [-0.3, -0.25) is 4.90 Å². The standard InChI is InChI=1S/C13H19BrN2S/c1-9-5-15-13(10-2-3-10)7-16(9)6-12-4-11(14)8-17-12/h4,8-10,13,15H,2-3,5-7H2,1H3. The molecule has 0 spiro atoms.